The van der Waals surface area contributed by atoms with Crippen LogP contribution in [0.25, 0.3) is 11.1 Å². The molecule has 0 radical (unpaired) electrons. The molecule has 0 aliphatic heterocycles. The number of hydrogen-bond donors (Lipinski definition) is 4. The number of amides is 3. The molecule has 3 atom stereocenters. The lowest BCUT2D eigenvalue weighted by molar-refractivity contribution is -0.134. The highest BCUT2D eigenvalue weighted by atomic mass is 16.3. The fourth-order valence-electron chi connectivity index (χ4n) is 5.08. The third kappa shape index (κ3) is 4.79. The van der Waals surface area contributed by atoms with Crippen LogP contribution in [0, 0.1) is 0 Å². The Bertz CT molecular complexity index is 1430. The predicted molar refractivity (Wildman–Crippen MR) is 144 cm³/mol. The summed E-state index contributed by atoms with van der Waals surface area (Å²) in [6.07, 6.45) is -1.70. The highest BCUT2D eigenvalue weighted by molar-refractivity contribution is 5.96. The number of fused-ring (bicyclic) bond motifs is 3. The van der Waals surface area contributed by atoms with E-state index in [1.807, 2.05) is 48.5 Å². The summed E-state index contributed by atoms with van der Waals surface area (Å²) in [5.74, 6) is -2.52. The topological polar surface area (TPSA) is 122 Å². The van der Waals surface area contributed by atoms with Crippen molar-refractivity contribution in [1.29, 1.82) is 0 Å². The van der Waals surface area contributed by atoms with Gasteiger partial charge in [-0.25, -0.2) is 0 Å². The van der Waals surface area contributed by atoms with Crippen LogP contribution >= 0.6 is 0 Å². The lowest BCUT2D eigenvalue weighted by Crippen LogP contribution is -2.53. The van der Waals surface area contributed by atoms with E-state index in [1.54, 1.807) is 60.7 Å². The van der Waals surface area contributed by atoms with E-state index in [-0.39, 0.29) is 0 Å². The third-order valence-corrected chi connectivity index (χ3v) is 6.89. The maximum absolute atomic E-state index is 13.5. The first-order valence-electron chi connectivity index (χ1n) is 12.3. The molecule has 0 saturated heterocycles. The van der Waals surface area contributed by atoms with Crippen LogP contribution in [0.1, 0.15) is 39.0 Å². The van der Waals surface area contributed by atoms with Crippen molar-refractivity contribution in [3.8, 4) is 11.1 Å². The van der Waals surface area contributed by atoms with Crippen molar-refractivity contribution in [3.63, 3.8) is 0 Å². The molecule has 0 bridgehead atoms. The molecule has 1 aliphatic rings. The van der Waals surface area contributed by atoms with Gasteiger partial charge in [0.2, 0.25) is 5.91 Å². The summed E-state index contributed by atoms with van der Waals surface area (Å²) in [5, 5.41) is 16.7. The average Bonchev–Trinajstić information content (AvgIpc) is 3.29. The van der Waals surface area contributed by atoms with Gasteiger partial charge in [-0.3, -0.25) is 14.4 Å². The largest absolute Gasteiger partial charge is 0.381 e. The summed E-state index contributed by atoms with van der Waals surface area (Å²) < 4.78 is 0. The minimum Gasteiger partial charge on any atom is -0.381 e. The van der Waals surface area contributed by atoms with Crippen molar-refractivity contribution in [2.75, 3.05) is 0 Å². The van der Waals surface area contributed by atoms with E-state index in [1.165, 1.54) is 0 Å². The van der Waals surface area contributed by atoms with Gasteiger partial charge in [0.15, 0.2) is 6.10 Å². The number of nitrogens with two attached hydrogens (primary N) is 1. The Balaban J connectivity index is 1.44. The number of carbonyl (C=O) groups excluding carboxylic acids is 3. The zero-order valence-electron chi connectivity index (χ0n) is 20.5. The van der Waals surface area contributed by atoms with E-state index in [0.29, 0.717) is 11.1 Å². The molecule has 5 N–H and O–H groups in total. The standard InChI is InChI=1S/C31H27N3O4/c32-29(36)27(25-23-17-9-7-15-21(23)22-16-8-10-18-24(22)25)34-31(38)28(35)26(19-11-3-1-4-12-19)33-30(37)20-13-5-2-6-14-20/h1-18,25-28,35H,(H2,32,36)(H,33,37)(H,34,38)/t26-,27-,28+/m0/s1. The molecule has 0 unspecified atom stereocenters. The zero-order valence-corrected chi connectivity index (χ0v) is 20.5. The van der Waals surface area contributed by atoms with Crippen LogP contribution in [0.15, 0.2) is 109 Å². The van der Waals surface area contributed by atoms with Gasteiger partial charge < -0.3 is 21.5 Å². The molecule has 0 aromatic heterocycles. The van der Waals surface area contributed by atoms with Crippen molar-refractivity contribution in [3.05, 3.63) is 131 Å². The highest BCUT2D eigenvalue weighted by Gasteiger charge is 2.40. The number of aliphatic hydroxyl groups is 1. The van der Waals surface area contributed by atoms with Crippen LogP contribution < -0.4 is 16.4 Å². The van der Waals surface area contributed by atoms with Gasteiger partial charge in [0.25, 0.3) is 11.8 Å². The third-order valence-electron chi connectivity index (χ3n) is 6.89. The number of nitrogens with one attached hydrogen (secondary N) is 2. The highest BCUT2D eigenvalue weighted by Crippen LogP contribution is 2.46. The normalized spacial score (nSPS) is 14.4. The van der Waals surface area contributed by atoms with Crippen LogP contribution in [0.2, 0.25) is 0 Å². The molecule has 4 aromatic rings. The Labute approximate surface area is 220 Å². The molecule has 38 heavy (non-hydrogen) atoms. The maximum atomic E-state index is 13.5. The minimum atomic E-state index is -1.70. The quantitative estimate of drug-likeness (QED) is 0.294. The molecule has 7 heteroatoms. The van der Waals surface area contributed by atoms with Gasteiger partial charge in [0.05, 0.1) is 6.04 Å². The van der Waals surface area contributed by atoms with E-state index in [4.69, 9.17) is 5.73 Å². The molecule has 1 aliphatic carbocycles. The van der Waals surface area contributed by atoms with Crippen molar-refractivity contribution in [2.45, 2.75) is 24.1 Å². The second kappa shape index (κ2) is 10.7. The summed E-state index contributed by atoms with van der Waals surface area (Å²) in [6, 6.07) is 30.4. The fourth-order valence-corrected chi connectivity index (χ4v) is 5.08. The Kier molecular flexibility index (Phi) is 7.02. The van der Waals surface area contributed by atoms with Crippen LogP contribution in [-0.4, -0.2) is 35.0 Å². The molecule has 3 amide bonds. The van der Waals surface area contributed by atoms with Gasteiger partial charge in [-0.05, 0) is 39.9 Å². The smallest absolute Gasteiger partial charge is 0.252 e. The van der Waals surface area contributed by atoms with E-state index < -0.39 is 41.8 Å². The molecule has 7 nitrogen and oxygen atoms in total. The van der Waals surface area contributed by atoms with E-state index in [9.17, 15) is 19.5 Å². The Morgan fingerprint density at radius 2 is 1.18 bits per heavy atom. The number of primary amides is 1. The Morgan fingerprint density at radius 1 is 0.684 bits per heavy atom. The van der Waals surface area contributed by atoms with Crippen molar-refractivity contribution in [2.24, 2.45) is 5.73 Å². The fraction of sp³-hybridized carbons (Fsp3) is 0.129. The van der Waals surface area contributed by atoms with Gasteiger partial charge >= 0.3 is 0 Å². The lowest BCUT2D eigenvalue weighted by Gasteiger charge is -2.28. The van der Waals surface area contributed by atoms with Gasteiger partial charge in [-0.15, -0.1) is 0 Å². The SMILES string of the molecule is NC(=O)[C@@H](NC(=O)[C@H](O)[C@@H](NC(=O)c1ccccc1)c1ccccc1)C1c2ccccc2-c2ccccc21. The Hall–Kier alpha value is -4.75. The van der Waals surface area contributed by atoms with E-state index >= 15 is 0 Å². The number of benzene rings is 4. The summed E-state index contributed by atoms with van der Waals surface area (Å²) in [5.41, 5.74) is 10.4. The molecule has 190 valence electrons. The van der Waals surface area contributed by atoms with Gasteiger partial charge in [-0.1, -0.05) is 97.1 Å². The van der Waals surface area contributed by atoms with E-state index in [2.05, 4.69) is 10.6 Å². The Morgan fingerprint density at radius 3 is 1.74 bits per heavy atom. The first-order chi connectivity index (χ1) is 18.5. The molecule has 0 spiro atoms. The van der Waals surface area contributed by atoms with Gasteiger partial charge in [0.1, 0.15) is 6.04 Å². The molecule has 0 fully saturated rings. The maximum Gasteiger partial charge on any atom is 0.252 e. The van der Waals surface area contributed by atoms with Crippen LogP contribution in [0.5, 0.6) is 0 Å². The minimum absolute atomic E-state index is 0.384. The first-order valence-corrected chi connectivity index (χ1v) is 12.3. The lowest BCUT2D eigenvalue weighted by atomic mass is 9.88. The summed E-state index contributed by atoms with van der Waals surface area (Å²) in [4.78, 5) is 39.1. The molecule has 0 heterocycles. The van der Waals surface area contributed by atoms with Crippen molar-refractivity contribution in [1.82, 2.24) is 10.6 Å². The average molecular weight is 506 g/mol. The predicted octanol–water partition coefficient (Wildman–Crippen LogP) is 3.30. The zero-order chi connectivity index (χ0) is 26.6. The molecule has 5 rings (SSSR count). The summed E-state index contributed by atoms with van der Waals surface area (Å²) in [6.45, 7) is 0. The molecule has 4 aromatic carbocycles. The van der Waals surface area contributed by atoms with Crippen molar-refractivity contribution >= 4 is 17.7 Å². The first kappa shape index (κ1) is 24.9. The van der Waals surface area contributed by atoms with Crippen LogP contribution in [-0.2, 0) is 9.59 Å². The van der Waals surface area contributed by atoms with Crippen LogP contribution in [0.3, 0.4) is 0 Å². The number of hydrogen-bond acceptors (Lipinski definition) is 4. The monoisotopic (exact) mass is 505 g/mol. The molecule has 0 saturated carbocycles. The van der Waals surface area contributed by atoms with Crippen molar-refractivity contribution < 1.29 is 19.5 Å². The van der Waals surface area contributed by atoms with Gasteiger partial charge in [0, 0.05) is 11.5 Å². The van der Waals surface area contributed by atoms with Crippen LogP contribution in [0.4, 0.5) is 0 Å². The van der Waals surface area contributed by atoms with E-state index in [0.717, 1.165) is 22.3 Å². The summed E-state index contributed by atoms with van der Waals surface area (Å²) >= 11 is 0. The number of carbonyl (C=O) groups is 3. The van der Waals surface area contributed by atoms with Gasteiger partial charge in [-0.2, -0.15) is 0 Å². The number of rotatable bonds is 8. The molecular formula is C31H27N3O4. The summed E-state index contributed by atoms with van der Waals surface area (Å²) in [7, 11) is 0. The molecular weight excluding hydrogens is 478 g/mol. The second-order valence-corrected chi connectivity index (χ2v) is 9.21. The second-order valence-electron chi connectivity index (χ2n) is 9.21. The number of aliphatic hydroxyl groups excluding tert-OH is 1.